The predicted molar refractivity (Wildman–Crippen MR) is 76.7 cm³/mol. The van der Waals surface area contributed by atoms with Crippen LogP contribution >= 0.6 is 23.1 Å². The van der Waals surface area contributed by atoms with Gasteiger partial charge < -0.3 is 5.32 Å². The van der Waals surface area contributed by atoms with Gasteiger partial charge in [0.1, 0.15) is 5.01 Å². The van der Waals surface area contributed by atoms with Crippen molar-refractivity contribution >= 4 is 23.1 Å². The Balaban J connectivity index is 2.12. The quantitative estimate of drug-likeness (QED) is 0.835. The van der Waals surface area contributed by atoms with Crippen molar-refractivity contribution in [2.24, 2.45) is 0 Å². The summed E-state index contributed by atoms with van der Waals surface area (Å²) >= 11 is 3.48. The lowest BCUT2D eigenvalue weighted by atomic mass is 10.2. The van der Waals surface area contributed by atoms with Crippen LogP contribution < -0.4 is 5.32 Å². The first kappa shape index (κ1) is 12.6. The molecule has 0 saturated carbocycles. The Morgan fingerprint density at radius 2 is 2.06 bits per heavy atom. The lowest BCUT2D eigenvalue weighted by Crippen LogP contribution is -2.11. The Kier molecular flexibility index (Phi) is 4.59. The van der Waals surface area contributed by atoms with Crippen molar-refractivity contribution in [3.05, 3.63) is 34.7 Å². The van der Waals surface area contributed by atoms with Gasteiger partial charge in [-0.2, -0.15) is 0 Å². The molecule has 0 bridgehead atoms. The molecular formula is C13H16N2S2. The second kappa shape index (κ2) is 6.19. The van der Waals surface area contributed by atoms with E-state index in [1.54, 1.807) is 23.1 Å². The van der Waals surface area contributed by atoms with Crippen LogP contribution in [-0.2, 0) is 6.54 Å². The van der Waals surface area contributed by atoms with Gasteiger partial charge in [-0.3, -0.25) is 0 Å². The standard InChI is InChI=1S/C13H16N2S2/c1-3-14-8-13-15-12(9-17-13)10-4-6-11(16-2)7-5-10/h4-7,9,14H,3,8H2,1-2H3. The molecule has 0 fully saturated rings. The number of benzene rings is 1. The Morgan fingerprint density at radius 3 is 2.71 bits per heavy atom. The van der Waals surface area contributed by atoms with Crippen molar-refractivity contribution in [3.8, 4) is 11.3 Å². The van der Waals surface area contributed by atoms with Gasteiger partial charge in [0.15, 0.2) is 0 Å². The van der Waals surface area contributed by atoms with Gasteiger partial charge in [-0.1, -0.05) is 19.1 Å². The number of aromatic nitrogens is 1. The van der Waals surface area contributed by atoms with E-state index in [0.717, 1.165) is 23.8 Å². The molecule has 1 aromatic heterocycles. The minimum Gasteiger partial charge on any atom is -0.311 e. The van der Waals surface area contributed by atoms with E-state index < -0.39 is 0 Å². The number of rotatable bonds is 5. The number of nitrogens with zero attached hydrogens (tertiary/aromatic N) is 1. The van der Waals surface area contributed by atoms with E-state index in [1.165, 1.54) is 10.5 Å². The average molecular weight is 264 g/mol. The Labute approximate surface area is 110 Å². The molecule has 0 amide bonds. The summed E-state index contributed by atoms with van der Waals surface area (Å²) in [7, 11) is 0. The van der Waals surface area contributed by atoms with Gasteiger partial charge in [0.05, 0.1) is 5.69 Å². The molecule has 0 unspecified atom stereocenters. The molecule has 0 spiro atoms. The zero-order chi connectivity index (χ0) is 12.1. The lowest BCUT2D eigenvalue weighted by Gasteiger charge is -1.99. The zero-order valence-corrected chi connectivity index (χ0v) is 11.7. The molecule has 0 aliphatic heterocycles. The van der Waals surface area contributed by atoms with Crippen molar-refractivity contribution in [1.82, 2.24) is 10.3 Å². The molecule has 1 aromatic carbocycles. The van der Waals surface area contributed by atoms with E-state index in [2.05, 4.69) is 53.1 Å². The monoisotopic (exact) mass is 264 g/mol. The Bertz CT molecular complexity index is 463. The summed E-state index contributed by atoms with van der Waals surface area (Å²) in [6, 6.07) is 8.56. The topological polar surface area (TPSA) is 24.9 Å². The average Bonchev–Trinajstić information content (AvgIpc) is 2.85. The summed E-state index contributed by atoms with van der Waals surface area (Å²) < 4.78 is 0. The minimum absolute atomic E-state index is 0.865. The SMILES string of the molecule is CCNCc1nc(-c2ccc(SC)cc2)cs1. The molecule has 2 rings (SSSR count). The molecule has 0 aliphatic rings. The van der Waals surface area contributed by atoms with Crippen LogP contribution in [-0.4, -0.2) is 17.8 Å². The van der Waals surface area contributed by atoms with E-state index in [4.69, 9.17) is 0 Å². The van der Waals surface area contributed by atoms with Crippen LogP contribution in [0.1, 0.15) is 11.9 Å². The zero-order valence-electron chi connectivity index (χ0n) is 10.1. The number of hydrogen-bond acceptors (Lipinski definition) is 4. The fourth-order valence-electron chi connectivity index (χ4n) is 1.52. The molecule has 1 N–H and O–H groups in total. The number of hydrogen-bond donors (Lipinski definition) is 1. The highest BCUT2D eigenvalue weighted by molar-refractivity contribution is 7.98. The Hall–Kier alpha value is -0.840. The van der Waals surface area contributed by atoms with E-state index >= 15 is 0 Å². The summed E-state index contributed by atoms with van der Waals surface area (Å²) in [5, 5.41) is 6.57. The smallest absolute Gasteiger partial charge is 0.107 e. The van der Waals surface area contributed by atoms with Crippen LogP contribution in [0.25, 0.3) is 11.3 Å². The first-order chi connectivity index (χ1) is 8.33. The molecule has 4 heteroatoms. The van der Waals surface area contributed by atoms with E-state index in [-0.39, 0.29) is 0 Å². The summed E-state index contributed by atoms with van der Waals surface area (Å²) in [5.41, 5.74) is 2.28. The highest BCUT2D eigenvalue weighted by atomic mass is 32.2. The van der Waals surface area contributed by atoms with Crippen LogP contribution in [0.15, 0.2) is 34.5 Å². The third-order valence-electron chi connectivity index (χ3n) is 2.46. The van der Waals surface area contributed by atoms with Crippen LogP contribution in [0.4, 0.5) is 0 Å². The third-order valence-corrected chi connectivity index (χ3v) is 4.06. The summed E-state index contributed by atoms with van der Waals surface area (Å²) in [4.78, 5) is 5.91. The molecule has 2 aromatic rings. The number of thiazole rings is 1. The lowest BCUT2D eigenvalue weighted by molar-refractivity contribution is 0.723. The van der Waals surface area contributed by atoms with Crippen molar-refractivity contribution in [2.45, 2.75) is 18.4 Å². The fourth-order valence-corrected chi connectivity index (χ4v) is 2.70. The van der Waals surface area contributed by atoms with Crippen molar-refractivity contribution < 1.29 is 0 Å². The van der Waals surface area contributed by atoms with Crippen molar-refractivity contribution in [2.75, 3.05) is 12.8 Å². The maximum atomic E-state index is 4.62. The normalized spacial score (nSPS) is 10.7. The maximum Gasteiger partial charge on any atom is 0.107 e. The van der Waals surface area contributed by atoms with Gasteiger partial charge in [0.2, 0.25) is 0 Å². The minimum atomic E-state index is 0.865. The highest BCUT2D eigenvalue weighted by Crippen LogP contribution is 2.24. The van der Waals surface area contributed by atoms with Crippen LogP contribution in [0.5, 0.6) is 0 Å². The summed E-state index contributed by atoms with van der Waals surface area (Å²) in [5.74, 6) is 0. The van der Waals surface area contributed by atoms with Crippen molar-refractivity contribution in [1.29, 1.82) is 0 Å². The van der Waals surface area contributed by atoms with Crippen LogP contribution in [0.3, 0.4) is 0 Å². The molecule has 0 atom stereocenters. The molecule has 17 heavy (non-hydrogen) atoms. The van der Waals surface area contributed by atoms with Gasteiger partial charge in [-0.25, -0.2) is 4.98 Å². The second-order valence-electron chi connectivity index (χ2n) is 3.64. The highest BCUT2D eigenvalue weighted by Gasteiger charge is 2.03. The maximum absolute atomic E-state index is 4.62. The molecular weight excluding hydrogens is 248 g/mol. The third kappa shape index (κ3) is 3.31. The van der Waals surface area contributed by atoms with Crippen molar-refractivity contribution in [3.63, 3.8) is 0 Å². The fraction of sp³-hybridized carbons (Fsp3) is 0.308. The van der Waals surface area contributed by atoms with Gasteiger partial charge >= 0.3 is 0 Å². The van der Waals surface area contributed by atoms with E-state index in [0.29, 0.717) is 0 Å². The Morgan fingerprint density at radius 1 is 1.29 bits per heavy atom. The van der Waals surface area contributed by atoms with Gasteiger partial charge in [0.25, 0.3) is 0 Å². The first-order valence-electron chi connectivity index (χ1n) is 5.63. The molecule has 0 radical (unpaired) electrons. The summed E-state index contributed by atoms with van der Waals surface area (Å²) in [6.07, 6.45) is 2.09. The second-order valence-corrected chi connectivity index (χ2v) is 5.46. The molecule has 90 valence electrons. The predicted octanol–water partition coefficient (Wildman–Crippen LogP) is 3.64. The van der Waals surface area contributed by atoms with Crippen LogP contribution in [0, 0.1) is 0 Å². The molecule has 0 saturated heterocycles. The molecule has 0 aliphatic carbocycles. The number of thioether (sulfide) groups is 1. The van der Waals surface area contributed by atoms with Gasteiger partial charge in [-0.15, -0.1) is 23.1 Å². The largest absolute Gasteiger partial charge is 0.311 e. The first-order valence-corrected chi connectivity index (χ1v) is 7.73. The van der Waals surface area contributed by atoms with Gasteiger partial charge in [0, 0.05) is 22.4 Å². The van der Waals surface area contributed by atoms with E-state index in [9.17, 15) is 0 Å². The van der Waals surface area contributed by atoms with Gasteiger partial charge in [-0.05, 0) is 24.9 Å². The van der Waals surface area contributed by atoms with E-state index in [1.807, 2.05) is 0 Å². The number of nitrogens with one attached hydrogen (secondary N) is 1. The summed E-state index contributed by atoms with van der Waals surface area (Å²) in [6.45, 7) is 3.96. The molecule has 1 heterocycles. The molecule has 2 nitrogen and oxygen atoms in total. The van der Waals surface area contributed by atoms with Crippen LogP contribution in [0.2, 0.25) is 0 Å².